The van der Waals surface area contributed by atoms with E-state index in [1.54, 1.807) is 16.9 Å². The number of amides is 1. The van der Waals surface area contributed by atoms with Crippen molar-refractivity contribution in [2.45, 2.75) is 40.3 Å². The highest BCUT2D eigenvalue weighted by Crippen LogP contribution is 2.33. The summed E-state index contributed by atoms with van der Waals surface area (Å²) in [5, 5.41) is 5.64. The number of hydrogen-bond donors (Lipinski definition) is 0. The minimum absolute atomic E-state index is 0.0358. The summed E-state index contributed by atoms with van der Waals surface area (Å²) < 4.78 is 21.4. The highest BCUT2D eigenvalue weighted by Gasteiger charge is 2.29. The summed E-state index contributed by atoms with van der Waals surface area (Å²) >= 11 is 6.00. The average Bonchev–Trinajstić information content (AvgIpc) is 3.10. The quantitative estimate of drug-likeness (QED) is 0.579. The molecule has 2 aromatic heterocycles. The molecule has 3 heterocycles. The van der Waals surface area contributed by atoms with Crippen LogP contribution in [0.15, 0.2) is 30.5 Å². The molecule has 1 aliphatic heterocycles. The molecule has 0 N–H and O–H groups in total. The maximum Gasteiger partial charge on any atom is 0.244 e. The second-order valence-corrected chi connectivity index (χ2v) is 7.85. The summed E-state index contributed by atoms with van der Waals surface area (Å²) in [6.07, 6.45) is 1.70. The highest BCUT2D eigenvalue weighted by molar-refractivity contribution is 6.32. The number of benzene rings is 1. The van der Waals surface area contributed by atoms with Gasteiger partial charge in [-0.25, -0.2) is 14.1 Å². The van der Waals surface area contributed by atoms with Crippen molar-refractivity contribution in [3.63, 3.8) is 0 Å². The average molecular weight is 462 g/mol. The smallest absolute Gasteiger partial charge is 0.244 e. The van der Waals surface area contributed by atoms with Crippen LogP contribution < -0.4 is 9.64 Å². The van der Waals surface area contributed by atoms with Crippen molar-refractivity contribution in [2.75, 3.05) is 31.6 Å². The Morgan fingerprint density at radius 1 is 1.31 bits per heavy atom. The minimum atomic E-state index is -0.405. The first-order valence-electron chi connectivity index (χ1n) is 10.7. The molecule has 0 radical (unpaired) electrons. The number of carbonyl (C=O) groups is 1. The maximum atomic E-state index is 14.5. The molecule has 32 heavy (non-hydrogen) atoms. The number of carbonyl (C=O) groups excluding carboxylic acids is 1. The van der Waals surface area contributed by atoms with E-state index in [-0.39, 0.29) is 23.5 Å². The lowest BCUT2D eigenvalue weighted by Gasteiger charge is -2.41. The van der Waals surface area contributed by atoms with E-state index in [9.17, 15) is 9.18 Å². The normalized spacial score (nSPS) is 16.0. The number of piperazine rings is 1. The fourth-order valence-corrected chi connectivity index (χ4v) is 4.19. The van der Waals surface area contributed by atoms with Gasteiger partial charge in [0.2, 0.25) is 5.91 Å². The van der Waals surface area contributed by atoms with Crippen LogP contribution in [0.5, 0.6) is 5.75 Å². The molecule has 1 amide bonds. The van der Waals surface area contributed by atoms with Gasteiger partial charge in [0, 0.05) is 43.3 Å². The molecule has 0 saturated carbocycles. The molecular weight excluding hydrogens is 433 g/mol. The first-order chi connectivity index (χ1) is 15.4. The van der Waals surface area contributed by atoms with Crippen LogP contribution in [-0.2, 0) is 11.3 Å². The number of pyridine rings is 1. The van der Waals surface area contributed by atoms with Crippen molar-refractivity contribution < 1.29 is 13.9 Å². The zero-order chi connectivity index (χ0) is 23.4. The predicted molar refractivity (Wildman–Crippen MR) is 125 cm³/mol. The number of ether oxygens (including phenoxy) is 1. The molecule has 0 aliphatic carbocycles. The van der Waals surface area contributed by atoms with E-state index in [2.05, 4.69) is 10.1 Å². The zero-order valence-corrected chi connectivity index (χ0v) is 19.9. The van der Waals surface area contributed by atoms with Crippen LogP contribution in [0.25, 0.3) is 11.0 Å². The van der Waals surface area contributed by atoms with Gasteiger partial charge in [0.05, 0.1) is 23.5 Å². The third-order valence-electron chi connectivity index (χ3n) is 5.49. The third kappa shape index (κ3) is 4.65. The standard InChI is InChI=1S/C21H23ClFN5O2.C2H6/c1-13-11-26(18-10-19(30-3)16(22)9-17(18)23)7-8-27(13)20(29)12-28-21-15(14(2)25-28)5-4-6-24-21;1-2/h4-6,9-10,13H,7-8,11-12H2,1-3H3;1-2H3/t13-;/m0./s1. The molecule has 172 valence electrons. The monoisotopic (exact) mass is 461 g/mol. The van der Waals surface area contributed by atoms with E-state index >= 15 is 0 Å². The van der Waals surface area contributed by atoms with E-state index in [1.165, 1.54) is 13.2 Å². The summed E-state index contributed by atoms with van der Waals surface area (Å²) in [6.45, 7) is 9.48. The number of anilines is 1. The van der Waals surface area contributed by atoms with Crippen LogP contribution in [0.1, 0.15) is 26.5 Å². The number of aryl methyl sites for hydroxylation is 1. The molecule has 1 aliphatic rings. The molecule has 9 heteroatoms. The fraction of sp³-hybridized carbons (Fsp3) is 0.435. The van der Waals surface area contributed by atoms with Crippen LogP contribution in [-0.4, -0.2) is 58.4 Å². The van der Waals surface area contributed by atoms with Gasteiger partial charge >= 0.3 is 0 Å². The SMILES string of the molecule is CC.COc1cc(N2CCN(C(=O)Cn3nc(C)c4cccnc43)[C@@H](C)C2)c(F)cc1Cl. The van der Waals surface area contributed by atoms with Crippen molar-refractivity contribution in [1.82, 2.24) is 19.7 Å². The van der Waals surface area contributed by atoms with Gasteiger partial charge in [-0.1, -0.05) is 25.4 Å². The number of fused-ring (bicyclic) bond motifs is 1. The second-order valence-electron chi connectivity index (χ2n) is 7.44. The summed E-state index contributed by atoms with van der Waals surface area (Å²) in [5.74, 6) is -0.0173. The first kappa shape index (κ1) is 23.8. The second kappa shape index (κ2) is 10.2. The summed E-state index contributed by atoms with van der Waals surface area (Å²) in [6, 6.07) is 6.57. The van der Waals surface area contributed by atoms with Gasteiger partial charge in [-0.05, 0) is 32.0 Å². The largest absolute Gasteiger partial charge is 0.495 e. The lowest BCUT2D eigenvalue weighted by molar-refractivity contribution is -0.134. The number of hydrogen-bond acceptors (Lipinski definition) is 5. The van der Waals surface area contributed by atoms with Gasteiger partial charge in [-0.3, -0.25) is 4.79 Å². The Morgan fingerprint density at radius 3 is 2.75 bits per heavy atom. The van der Waals surface area contributed by atoms with Crippen LogP contribution >= 0.6 is 11.6 Å². The van der Waals surface area contributed by atoms with Crippen molar-refractivity contribution >= 4 is 34.2 Å². The molecule has 1 saturated heterocycles. The van der Waals surface area contributed by atoms with E-state index in [4.69, 9.17) is 16.3 Å². The number of rotatable bonds is 4. The number of methoxy groups -OCH3 is 1. The van der Waals surface area contributed by atoms with Crippen molar-refractivity contribution in [1.29, 1.82) is 0 Å². The topological polar surface area (TPSA) is 63.5 Å². The van der Waals surface area contributed by atoms with Crippen molar-refractivity contribution in [2.24, 2.45) is 0 Å². The number of halogens is 2. The Hall–Kier alpha value is -2.87. The third-order valence-corrected chi connectivity index (χ3v) is 5.78. The minimum Gasteiger partial charge on any atom is -0.495 e. The molecule has 0 unspecified atom stereocenters. The van der Waals surface area contributed by atoms with Gasteiger partial charge in [-0.15, -0.1) is 0 Å². The molecular formula is C23H29ClFN5O2. The fourth-order valence-electron chi connectivity index (χ4n) is 3.96. The van der Waals surface area contributed by atoms with Gasteiger partial charge < -0.3 is 14.5 Å². The molecule has 1 aromatic carbocycles. The number of nitrogens with zero attached hydrogens (tertiary/aromatic N) is 5. The van der Waals surface area contributed by atoms with E-state index in [1.807, 2.05) is 49.6 Å². The van der Waals surface area contributed by atoms with E-state index < -0.39 is 5.82 Å². The van der Waals surface area contributed by atoms with E-state index in [0.29, 0.717) is 36.7 Å². The Labute approximate surface area is 192 Å². The van der Waals surface area contributed by atoms with Gasteiger partial charge in [0.1, 0.15) is 18.1 Å². The van der Waals surface area contributed by atoms with Gasteiger partial charge in [0.25, 0.3) is 0 Å². The Morgan fingerprint density at radius 2 is 2.06 bits per heavy atom. The van der Waals surface area contributed by atoms with Gasteiger partial charge in [-0.2, -0.15) is 5.10 Å². The molecule has 1 atom stereocenters. The molecule has 0 spiro atoms. The number of aromatic nitrogens is 3. The maximum absolute atomic E-state index is 14.5. The Kier molecular flexibility index (Phi) is 7.56. The van der Waals surface area contributed by atoms with Crippen LogP contribution in [0, 0.1) is 12.7 Å². The Bertz CT molecular complexity index is 1100. The van der Waals surface area contributed by atoms with Crippen LogP contribution in [0.4, 0.5) is 10.1 Å². The van der Waals surface area contributed by atoms with Crippen LogP contribution in [0.2, 0.25) is 5.02 Å². The van der Waals surface area contributed by atoms with Crippen molar-refractivity contribution in [3.05, 3.63) is 47.0 Å². The molecule has 7 nitrogen and oxygen atoms in total. The first-order valence-corrected chi connectivity index (χ1v) is 11.1. The zero-order valence-electron chi connectivity index (χ0n) is 19.1. The molecule has 3 aromatic rings. The van der Waals surface area contributed by atoms with Crippen LogP contribution in [0.3, 0.4) is 0 Å². The summed E-state index contributed by atoms with van der Waals surface area (Å²) in [5.41, 5.74) is 1.97. The lowest BCUT2D eigenvalue weighted by Crippen LogP contribution is -2.55. The Balaban J connectivity index is 0.00000141. The van der Waals surface area contributed by atoms with E-state index in [0.717, 1.165) is 11.1 Å². The highest BCUT2D eigenvalue weighted by atomic mass is 35.5. The summed E-state index contributed by atoms with van der Waals surface area (Å²) in [7, 11) is 1.50. The molecule has 0 bridgehead atoms. The van der Waals surface area contributed by atoms with Crippen molar-refractivity contribution in [3.8, 4) is 5.75 Å². The summed E-state index contributed by atoms with van der Waals surface area (Å²) in [4.78, 5) is 21.1. The molecule has 4 rings (SSSR count). The predicted octanol–water partition coefficient (Wildman–Crippen LogP) is 4.30. The van der Waals surface area contributed by atoms with Gasteiger partial charge in [0.15, 0.2) is 5.65 Å². The lowest BCUT2D eigenvalue weighted by atomic mass is 10.1. The molecule has 1 fully saturated rings.